The minimum atomic E-state index is -0.380. The molecule has 0 N–H and O–H groups in total. The highest BCUT2D eigenvalue weighted by Gasteiger charge is 2.13. The third kappa shape index (κ3) is 14.4. The number of esters is 2. The third-order valence-corrected chi connectivity index (χ3v) is 4.69. The maximum Gasteiger partial charge on any atom is 0.314 e. The van der Waals surface area contributed by atoms with Crippen molar-refractivity contribution in [2.45, 2.75) is 96.7 Å². The van der Waals surface area contributed by atoms with E-state index in [0.29, 0.717) is 12.8 Å². The summed E-state index contributed by atoms with van der Waals surface area (Å²) in [7, 11) is 0. The van der Waals surface area contributed by atoms with Crippen molar-refractivity contribution in [1.29, 1.82) is 0 Å². The molecule has 0 saturated carbocycles. The average Bonchev–Trinajstić information content (AvgIpc) is 2.45. The Morgan fingerprint density at radius 3 is 1.95 bits per heavy atom. The molecule has 130 valence electrons. The first-order chi connectivity index (χ1) is 10.6. The Bertz CT molecular complexity index is 292. The normalized spacial score (nSPS) is 12.1. The lowest BCUT2D eigenvalue weighted by Gasteiger charge is -2.08. The van der Waals surface area contributed by atoms with E-state index in [-0.39, 0.29) is 17.2 Å². The highest BCUT2D eigenvalue weighted by Crippen LogP contribution is 2.14. The molecule has 0 saturated heterocycles. The van der Waals surface area contributed by atoms with Crippen molar-refractivity contribution in [3.05, 3.63) is 0 Å². The van der Waals surface area contributed by atoms with Crippen LogP contribution in [-0.4, -0.2) is 22.9 Å². The quantitative estimate of drug-likeness (QED) is 0.239. The molecule has 0 aromatic rings. The molecule has 0 rings (SSSR count). The topological polar surface area (TPSA) is 43.4 Å². The van der Waals surface area contributed by atoms with Crippen LogP contribution in [0.2, 0.25) is 0 Å². The van der Waals surface area contributed by atoms with Gasteiger partial charge in [-0.2, -0.15) is 11.8 Å². The van der Waals surface area contributed by atoms with E-state index in [0.717, 1.165) is 18.6 Å². The zero-order valence-electron chi connectivity index (χ0n) is 14.7. The van der Waals surface area contributed by atoms with Gasteiger partial charge >= 0.3 is 11.9 Å². The summed E-state index contributed by atoms with van der Waals surface area (Å²) in [6.45, 7) is 6.27. The van der Waals surface area contributed by atoms with Gasteiger partial charge in [0.1, 0.15) is 0 Å². The molecule has 0 bridgehead atoms. The van der Waals surface area contributed by atoms with E-state index in [2.05, 4.69) is 13.8 Å². The van der Waals surface area contributed by atoms with Crippen LogP contribution in [0.25, 0.3) is 0 Å². The van der Waals surface area contributed by atoms with E-state index in [1.54, 1.807) is 11.8 Å². The monoisotopic (exact) mass is 330 g/mol. The van der Waals surface area contributed by atoms with E-state index in [1.165, 1.54) is 44.9 Å². The van der Waals surface area contributed by atoms with Gasteiger partial charge < -0.3 is 4.74 Å². The number of ether oxygens (including phenoxy) is 1. The highest BCUT2D eigenvalue weighted by molar-refractivity contribution is 7.99. The number of rotatable bonds is 14. The molecule has 0 amide bonds. The van der Waals surface area contributed by atoms with Crippen molar-refractivity contribution in [3.63, 3.8) is 0 Å². The maximum atomic E-state index is 11.6. The Morgan fingerprint density at radius 2 is 1.41 bits per heavy atom. The van der Waals surface area contributed by atoms with Crippen molar-refractivity contribution >= 4 is 23.7 Å². The summed E-state index contributed by atoms with van der Waals surface area (Å²) >= 11 is 1.71. The standard InChI is InChI=1S/C18H34O3S/c1-4-6-7-8-9-10-11-12-13-14-17(19)21-18(20)15-16(3)22-5-2/h16H,4-15H2,1-3H3. The molecule has 0 heterocycles. The lowest BCUT2D eigenvalue weighted by Crippen LogP contribution is -2.15. The lowest BCUT2D eigenvalue weighted by molar-refractivity contribution is -0.159. The van der Waals surface area contributed by atoms with Crippen molar-refractivity contribution in [2.24, 2.45) is 0 Å². The van der Waals surface area contributed by atoms with Gasteiger partial charge in [0.15, 0.2) is 0 Å². The molecule has 1 unspecified atom stereocenters. The van der Waals surface area contributed by atoms with Crippen LogP contribution in [0.3, 0.4) is 0 Å². The average molecular weight is 331 g/mol. The van der Waals surface area contributed by atoms with Crippen molar-refractivity contribution in [1.82, 2.24) is 0 Å². The summed E-state index contributed by atoms with van der Waals surface area (Å²) in [4.78, 5) is 23.1. The second-order valence-corrected chi connectivity index (χ2v) is 7.61. The van der Waals surface area contributed by atoms with Crippen LogP contribution in [0, 0.1) is 0 Å². The van der Waals surface area contributed by atoms with E-state index in [4.69, 9.17) is 4.74 Å². The van der Waals surface area contributed by atoms with Crippen LogP contribution in [-0.2, 0) is 14.3 Å². The molecule has 0 aliphatic rings. The molecule has 0 aromatic carbocycles. The fourth-order valence-electron chi connectivity index (χ4n) is 2.38. The van der Waals surface area contributed by atoms with Crippen LogP contribution in [0.4, 0.5) is 0 Å². The Labute approximate surface area is 141 Å². The summed E-state index contributed by atoms with van der Waals surface area (Å²) in [6, 6.07) is 0. The van der Waals surface area contributed by atoms with Gasteiger partial charge in [-0.25, -0.2) is 0 Å². The molecule has 0 aliphatic carbocycles. The van der Waals surface area contributed by atoms with E-state index in [1.807, 2.05) is 6.92 Å². The van der Waals surface area contributed by atoms with Gasteiger partial charge in [-0.3, -0.25) is 9.59 Å². The molecule has 0 spiro atoms. The fraction of sp³-hybridized carbons (Fsp3) is 0.889. The summed E-state index contributed by atoms with van der Waals surface area (Å²) in [5.41, 5.74) is 0. The molecule has 0 radical (unpaired) electrons. The molecule has 1 atom stereocenters. The van der Waals surface area contributed by atoms with Gasteiger partial charge in [-0.05, 0) is 12.2 Å². The van der Waals surface area contributed by atoms with Crippen molar-refractivity contribution in [2.75, 3.05) is 5.75 Å². The molecule has 22 heavy (non-hydrogen) atoms. The largest absolute Gasteiger partial charge is 0.393 e. The first-order valence-electron chi connectivity index (χ1n) is 8.95. The minimum Gasteiger partial charge on any atom is -0.393 e. The van der Waals surface area contributed by atoms with Crippen molar-refractivity contribution < 1.29 is 14.3 Å². The first-order valence-corrected chi connectivity index (χ1v) is 10.00. The number of thioether (sulfide) groups is 1. The van der Waals surface area contributed by atoms with Gasteiger partial charge in [0.25, 0.3) is 0 Å². The smallest absolute Gasteiger partial charge is 0.314 e. The third-order valence-electron chi connectivity index (χ3n) is 3.62. The molecule has 0 aromatic heterocycles. The Morgan fingerprint density at radius 1 is 0.864 bits per heavy atom. The number of hydrogen-bond donors (Lipinski definition) is 0. The van der Waals surface area contributed by atoms with Crippen LogP contribution >= 0.6 is 11.8 Å². The van der Waals surface area contributed by atoms with Crippen molar-refractivity contribution in [3.8, 4) is 0 Å². The maximum absolute atomic E-state index is 11.6. The van der Waals surface area contributed by atoms with Crippen LogP contribution in [0.15, 0.2) is 0 Å². The van der Waals surface area contributed by atoms with E-state index >= 15 is 0 Å². The predicted molar refractivity (Wildman–Crippen MR) is 95.2 cm³/mol. The second kappa shape index (κ2) is 15.4. The number of unbranched alkanes of at least 4 members (excludes halogenated alkanes) is 8. The first kappa shape index (κ1) is 21.5. The molecule has 0 aliphatic heterocycles. The number of hydrogen-bond acceptors (Lipinski definition) is 4. The summed E-state index contributed by atoms with van der Waals surface area (Å²) in [5.74, 6) is 0.233. The molecule has 3 nitrogen and oxygen atoms in total. The Kier molecular flexibility index (Phi) is 15.0. The summed E-state index contributed by atoms with van der Waals surface area (Å²) < 4.78 is 4.85. The molecular weight excluding hydrogens is 296 g/mol. The van der Waals surface area contributed by atoms with Gasteiger partial charge in [0, 0.05) is 11.7 Å². The zero-order chi connectivity index (χ0) is 16.6. The second-order valence-electron chi connectivity index (χ2n) is 5.89. The van der Waals surface area contributed by atoms with Gasteiger partial charge in [0.05, 0.1) is 6.42 Å². The highest BCUT2D eigenvalue weighted by atomic mass is 32.2. The Balaban J connectivity index is 3.44. The number of carbonyl (C=O) groups excluding carboxylic acids is 2. The Hall–Kier alpha value is -0.510. The lowest BCUT2D eigenvalue weighted by atomic mass is 10.1. The predicted octanol–water partition coefficient (Wildman–Crippen LogP) is 5.51. The van der Waals surface area contributed by atoms with Crippen LogP contribution in [0.5, 0.6) is 0 Å². The molecule has 0 fully saturated rings. The van der Waals surface area contributed by atoms with Gasteiger partial charge in [-0.1, -0.05) is 72.1 Å². The van der Waals surface area contributed by atoms with Gasteiger partial charge in [0.2, 0.25) is 0 Å². The summed E-state index contributed by atoms with van der Waals surface area (Å²) in [6.07, 6.45) is 11.6. The minimum absolute atomic E-state index is 0.220. The fourth-order valence-corrected chi connectivity index (χ4v) is 3.20. The van der Waals surface area contributed by atoms with E-state index in [9.17, 15) is 9.59 Å². The molecular formula is C18H34O3S. The van der Waals surface area contributed by atoms with Crippen LogP contribution in [0.1, 0.15) is 91.4 Å². The van der Waals surface area contributed by atoms with Gasteiger partial charge in [-0.15, -0.1) is 0 Å². The number of carbonyl (C=O) groups is 2. The zero-order valence-corrected chi connectivity index (χ0v) is 15.5. The summed E-state index contributed by atoms with van der Waals surface area (Å²) in [5, 5.41) is 0.220. The molecule has 4 heteroatoms. The van der Waals surface area contributed by atoms with Crippen LogP contribution < -0.4 is 0 Å². The SMILES string of the molecule is CCCCCCCCCCCC(=O)OC(=O)CC(C)SCC. The van der Waals surface area contributed by atoms with E-state index < -0.39 is 0 Å².